The topological polar surface area (TPSA) is 92.2 Å². The van der Waals surface area contributed by atoms with Crippen LogP contribution in [0.15, 0.2) is 97.2 Å². The van der Waals surface area contributed by atoms with Crippen LogP contribution in [0.1, 0.15) is 68.0 Å². The van der Waals surface area contributed by atoms with Gasteiger partial charge in [-0.1, -0.05) is 73.7 Å². The van der Waals surface area contributed by atoms with Crippen molar-refractivity contribution in [1.82, 2.24) is 14.8 Å². The van der Waals surface area contributed by atoms with Crippen LogP contribution in [-0.2, 0) is 29.0 Å². The quantitative estimate of drug-likeness (QED) is 0.249. The molecular formula is C36H37N3O5. The lowest BCUT2D eigenvalue weighted by Gasteiger charge is -2.42. The molecule has 1 fully saturated rings. The average Bonchev–Trinajstić information content (AvgIpc) is 3.30. The number of hydrogen-bond acceptors (Lipinski definition) is 7. The first-order valence-electron chi connectivity index (χ1n) is 15.0. The lowest BCUT2D eigenvalue weighted by atomic mass is 9.90. The summed E-state index contributed by atoms with van der Waals surface area (Å²) in [6.45, 7) is 3.90. The Balaban J connectivity index is 1.18. The Morgan fingerprint density at radius 2 is 1.45 bits per heavy atom. The van der Waals surface area contributed by atoms with E-state index in [1.54, 1.807) is 24.3 Å². The molecule has 226 valence electrons. The third-order valence-corrected chi connectivity index (χ3v) is 8.56. The van der Waals surface area contributed by atoms with Crippen LogP contribution in [0.4, 0.5) is 0 Å². The second kappa shape index (κ2) is 13.2. The van der Waals surface area contributed by atoms with Crippen LogP contribution in [0.2, 0.25) is 0 Å². The molecule has 2 aliphatic rings. The molecule has 4 atom stereocenters. The predicted molar refractivity (Wildman–Crippen MR) is 165 cm³/mol. The second-order valence-electron chi connectivity index (χ2n) is 11.6. The van der Waals surface area contributed by atoms with E-state index in [1.165, 1.54) is 4.90 Å². The molecule has 0 spiro atoms. The minimum Gasteiger partial charge on any atom is -0.392 e. The SMILES string of the molecule is C[C@@H]1[C@H](CN(C)CCc2ccccn2)O[C@H](c2ccc(CN3C(=O)c4ccccc4C3=O)cc2)O[C@@H]1c1ccc(CO)cc1. The maximum atomic E-state index is 12.9. The molecule has 3 heterocycles. The molecule has 8 nitrogen and oxygen atoms in total. The summed E-state index contributed by atoms with van der Waals surface area (Å²) in [5, 5.41) is 9.54. The number of imide groups is 1. The van der Waals surface area contributed by atoms with Gasteiger partial charge in [-0.2, -0.15) is 0 Å². The molecule has 0 bridgehead atoms. The Labute approximate surface area is 257 Å². The van der Waals surface area contributed by atoms with E-state index in [0.717, 1.165) is 47.5 Å². The number of hydrogen-bond donors (Lipinski definition) is 1. The molecular weight excluding hydrogens is 554 g/mol. The van der Waals surface area contributed by atoms with Crippen molar-refractivity contribution >= 4 is 11.8 Å². The third kappa shape index (κ3) is 6.34. The van der Waals surface area contributed by atoms with E-state index < -0.39 is 6.29 Å². The van der Waals surface area contributed by atoms with E-state index in [1.807, 2.05) is 72.9 Å². The summed E-state index contributed by atoms with van der Waals surface area (Å²) in [6.07, 6.45) is 1.74. The van der Waals surface area contributed by atoms with Gasteiger partial charge in [-0.05, 0) is 48.0 Å². The van der Waals surface area contributed by atoms with Gasteiger partial charge in [0.25, 0.3) is 11.8 Å². The van der Waals surface area contributed by atoms with Gasteiger partial charge < -0.3 is 19.5 Å². The van der Waals surface area contributed by atoms with Gasteiger partial charge >= 0.3 is 0 Å². The highest BCUT2D eigenvalue weighted by atomic mass is 16.7. The number of fused-ring (bicyclic) bond motifs is 1. The van der Waals surface area contributed by atoms with Crippen molar-refractivity contribution in [3.05, 3.63) is 136 Å². The zero-order valence-corrected chi connectivity index (χ0v) is 25.0. The number of aliphatic hydroxyl groups excluding tert-OH is 1. The van der Waals surface area contributed by atoms with Gasteiger partial charge in [0.15, 0.2) is 6.29 Å². The standard InChI is InChI=1S/C36H37N3O5/c1-24-32(22-38(2)20-18-29-7-5-6-19-37-29)43-36(44-33(24)27-14-12-26(23-40)13-15-27)28-16-10-25(11-17-28)21-39-34(41)30-8-3-4-9-31(30)35(39)42/h3-17,19,24,32-33,36,40H,18,20-23H2,1-2H3/t24-,32+,33+,36+/m1/s1. The number of nitrogens with zero attached hydrogens (tertiary/aromatic N) is 3. The summed E-state index contributed by atoms with van der Waals surface area (Å²) in [5.74, 6) is -0.475. The Hall–Kier alpha value is -4.21. The molecule has 6 rings (SSSR count). The molecule has 2 aliphatic heterocycles. The van der Waals surface area contributed by atoms with Gasteiger partial charge in [-0.25, -0.2) is 0 Å². The minimum absolute atomic E-state index is 0.0101. The number of ether oxygens (including phenoxy) is 2. The Morgan fingerprint density at radius 1 is 0.818 bits per heavy atom. The molecule has 44 heavy (non-hydrogen) atoms. The van der Waals surface area contributed by atoms with E-state index in [-0.39, 0.29) is 43.1 Å². The predicted octanol–water partition coefficient (Wildman–Crippen LogP) is 5.34. The van der Waals surface area contributed by atoms with E-state index in [9.17, 15) is 14.7 Å². The van der Waals surface area contributed by atoms with E-state index in [0.29, 0.717) is 11.1 Å². The summed E-state index contributed by atoms with van der Waals surface area (Å²) in [4.78, 5) is 33.7. The van der Waals surface area contributed by atoms with Gasteiger partial charge in [-0.3, -0.25) is 19.5 Å². The van der Waals surface area contributed by atoms with Gasteiger partial charge in [-0.15, -0.1) is 0 Å². The maximum Gasteiger partial charge on any atom is 0.261 e. The number of likely N-dealkylation sites (N-methyl/N-ethyl adjacent to an activating group) is 1. The van der Waals surface area contributed by atoms with Crippen molar-refractivity contribution in [2.75, 3.05) is 20.1 Å². The van der Waals surface area contributed by atoms with Crippen LogP contribution in [-0.4, -0.2) is 57.9 Å². The number of rotatable bonds is 10. The summed E-state index contributed by atoms with van der Waals surface area (Å²) >= 11 is 0. The number of aromatic nitrogens is 1. The average molecular weight is 592 g/mol. The molecule has 1 saturated heterocycles. The lowest BCUT2D eigenvalue weighted by Crippen LogP contribution is -2.43. The lowest BCUT2D eigenvalue weighted by molar-refractivity contribution is -0.275. The Morgan fingerprint density at radius 3 is 2.09 bits per heavy atom. The van der Waals surface area contributed by atoms with E-state index >= 15 is 0 Å². The van der Waals surface area contributed by atoms with Crippen LogP contribution < -0.4 is 0 Å². The van der Waals surface area contributed by atoms with Gasteiger partial charge in [0.2, 0.25) is 0 Å². The van der Waals surface area contributed by atoms with Crippen molar-refractivity contribution in [3.63, 3.8) is 0 Å². The zero-order chi connectivity index (χ0) is 30.6. The van der Waals surface area contributed by atoms with Crippen molar-refractivity contribution in [2.45, 2.75) is 45.0 Å². The molecule has 8 heteroatoms. The number of carbonyl (C=O) groups excluding carboxylic acids is 2. The molecule has 0 radical (unpaired) electrons. The first-order valence-corrected chi connectivity index (χ1v) is 15.0. The number of aliphatic hydroxyl groups is 1. The van der Waals surface area contributed by atoms with Crippen LogP contribution in [0, 0.1) is 5.92 Å². The number of pyridine rings is 1. The number of benzene rings is 3. The van der Waals surface area contributed by atoms with Crippen LogP contribution in [0.3, 0.4) is 0 Å². The zero-order valence-electron chi connectivity index (χ0n) is 25.0. The molecule has 0 aliphatic carbocycles. The summed E-state index contributed by atoms with van der Waals surface area (Å²) < 4.78 is 13.2. The van der Waals surface area contributed by atoms with E-state index in [2.05, 4.69) is 23.9 Å². The molecule has 4 aromatic rings. The molecule has 1 aromatic heterocycles. The fourth-order valence-corrected chi connectivity index (χ4v) is 5.92. The van der Waals surface area contributed by atoms with Gasteiger partial charge in [0.1, 0.15) is 0 Å². The molecule has 0 unspecified atom stereocenters. The fourth-order valence-electron chi connectivity index (χ4n) is 5.92. The van der Waals surface area contributed by atoms with Crippen LogP contribution in [0.5, 0.6) is 0 Å². The van der Waals surface area contributed by atoms with Crippen molar-refractivity contribution in [3.8, 4) is 0 Å². The summed E-state index contributed by atoms with van der Waals surface area (Å²) in [7, 11) is 2.10. The summed E-state index contributed by atoms with van der Waals surface area (Å²) in [5.41, 5.74) is 5.54. The van der Waals surface area contributed by atoms with Gasteiger partial charge in [0, 0.05) is 42.9 Å². The highest BCUT2D eigenvalue weighted by Crippen LogP contribution is 2.42. The summed E-state index contributed by atoms with van der Waals surface area (Å²) in [6, 6.07) is 28.5. The monoisotopic (exact) mass is 591 g/mol. The normalized spacial score (nSPS) is 21.6. The highest BCUT2D eigenvalue weighted by Gasteiger charge is 2.39. The number of amides is 2. The first kappa shape index (κ1) is 29.8. The minimum atomic E-state index is -0.601. The molecule has 1 N–H and O–H groups in total. The molecule has 3 aromatic carbocycles. The first-order chi connectivity index (χ1) is 21.4. The van der Waals surface area contributed by atoms with Crippen molar-refractivity contribution < 1.29 is 24.2 Å². The molecule has 2 amide bonds. The Bertz CT molecular complexity index is 1560. The smallest absolute Gasteiger partial charge is 0.261 e. The van der Waals surface area contributed by atoms with Crippen molar-refractivity contribution in [2.24, 2.45) is 5.92 Å². The molecule has 0 saturated carbocycles. The van der Waals surface area contributed by atoms with Crippen LogP contribution >= 0.6 is 0 Å². The maximum absolute atomic E-state index is 12.9. The number of carbonyl (C=O) groups is 2. The van der Waals surface area contributed by atoms with Gasteiger partial charge in [0.05, 0.1) is 36.5 Å². The largest absolute Gasteiger partial charge is 0.392 e. The van der Waals surface area contributed by atoms with Crippen molar-refractivity contribution in [1.29, 1.82) is 0 Å². The highest BCUT2D eigenvalue weighted by molar-refractivity contribution is 6.21. The van der Waals surface area contributed by atoms with Crippen LogP contribution in [0.25, 0.3) is 0 Å². The second-order valence-corrected chi connectivity index (χ2v) is 11.6. The Kier molecular flexibility index (Phi) is 8.95. The third-order valence-electron chi connectivity index (χ3n) is 8.56. The fraction of sp³-hybridized carbons (Fsp3) is 0.306. The van der Waals surface area contributed by atoms with E-state index in [4.69, 9.17) is 9.47 Å².